The molecule has 0 aliphatic rings. The van der Waals surface area contributed by atoms with Gasteiger partial charge < -0.3 is 15.3 Å². The highest BCUT2D eigenvalue weighted by Crippen LogP contribution is 2.16. The van der Waals surface area contributed by atoms with Gasteiger partial charge in [-0.2, -0.15) is 0 Å². The van der Waals surface area contributed by atoms with Gasteiger partial charge in [-0.25, -0.2) is 4.79 Å². The monoisotopic (exact) mass is 284 g/mol. The molecule has 106 valence electrons. The number of thiophene rings is 1. The minimum atomic E-state index is -1.02. The lowest BCUT2D eigenvalue weighted by molar-refractivity contribution is -0.138. The Balaban J connectivity index is 2.67. The number of amides is 2. The summed E-state index contributed by atoms with van der Waals surface area (Å²) in [6.45, 7) is 7.54. The van der Waals surface area contributed by atoms with E-state index in [1.54, 1.807) is 11.3 Å². The molecule has 0 saturated heterocycles. The fraction of sp³-hybridized carbons (Fsp3) is 0.538. The third-order valence-corrected chi connectivity index (χ3v) is 3.74. The van der Waals surface area contributed by atoms with E-state index in [0.29, 0.717) is 6.54 Å². The van der Waals surface area contributed by atoms with Crippen molar-refractivity contribution in [2.75, 3.05) is 6.54 Å². The van der Waals surface area contributed by atoms with Crippen LogP contribution in [0.2, 0.25) is 0 Å². The average Bonchev–Trinajstić information content (AvgIpc) is 2.67. The van der Waals surface area contributed by atoms with Gasteiger partial charge in [0.05, 0.1) is 6.54 Å². The van der Waals surface area contributed by atoms with E-state index < -0.39 is 11.5 Å². The first-order valence-electron chi connectivity index (χ1n) is 6.02. The highest BCUT2D eigenvalue weighted by atomic mass is 32.1. The van der Waals surface area contributed by atoms with Crippen LogP contribution >= 0.6 is 11.3 Å². The lowest BCUT2D eigenvalue weighted by Crippen LogP contribution is -2.52. The van der Waals surface area contributed by atoms with Crippen molar-refractivity contribution in [3.8, 4) is 0 Å². The van der Waals surface area contributed by atoms with E-state index in [2.05, 4.69) is 5.32 Å². The Hall–Kier alpha value is -1.56. The number of aliphatic carboxylic acids is 1. The zero-order valence-corrected chi connectivity index (χ0v) is 12.5. The Morgan fingerprint density at radius 2 is 2.05 bits per heavy atom. The van der Waals surface area contributed by atoms with Gasteiger partial charge in [0.15, 0.2) is 0 Å². The number of aryl methyl sites for hydroxylation is 1. The summed E-state index contributed by atoms with van der Waals surface area (Å²) >= 11 is 1.58. The molecule has 0 aromatic carbocycles. The molecule has 0 fully saturated rings. The molecule has 0 aliphatic heterocycles. The molecule has 6 heteroatoms. The number of nitrogens with zero attached hydrogens (tertiary/aromatic N) is 1. The van der Waals surface area contributed by atoms with Crippen molar-refractivity contribution >= 4 is 23.3 Å². The zero-order chi connectivity index (χ0) is 14.6. The van der Waals surface area contributed by atoms with E-state index in [9.17, 15) is 9.59 Å². The summed E-state index contributed by atoms with van der Waals surface area (Å²) in [4.78, 5) is 25.3. The van der Waals surface area contributed by atoms with Gasteiger partial charge in [0.1, 0.15) is 6.54 Å². The van der Waals surface area contributed by atoms with Crippen molar-refractivity contribution in [1.82, 2.24) is 10.2 Å². The molecule has 0 aliphatic carbocycles. The molecule has 2 amide bonds. The predicted molar refractivity (Wildman–Crippen MR) is 75.4 cm³/mol. The molecule has 0 atom stereocenters. The standard InChI is InChI=1S/C13H20N2O3S/c1-9-5-6-19-10(9)7-14-12(18)15(8-11(16)17)13(2,3)4/h5-6H,7-8H2,1-4H3,(H,14,18)(H,16,17). The van der Waals surface area contributed by atoms with E-state index in [1.165, 1.54) is 4.90 Å². The van der Waals surface area contributed by atoms with Crippen molar-refractivity contribution in [2.24, 2.45) is 0 Å². The molecule has 2 N–H and O–H groups in total. The van der Waals surface area contributed by atoms with Crippen LogP contribution in [0.1, 0.15) is 31.2 Å². The summed E-state index contributed by atoms with van der Waals surface area (Å²) < 4.78 is 0. The normalized spacial score (nSPS) is 11.2. The summed E-state index contributed by atoms with van der Waals surface area (Å²) in [5.41, 5.74) is 0.596. The maximum absolute atomic E-state index is 12.1. The fourth-order valence-corrected chi connectivity index (χ4v) is 2.43. The summed E-state index contributed by atoms with van der Waals surface area (Å²) in [5.74, 6) is -1.02. The van der Waals surface area contributed by atoms with Crippen molar-refractivity contribution in [2.45, 2.75) is 39.8 Å². The largest absolute Gasteiger partial charge is 0.480 e. The molecular formula is C13H20N2O3S. The molecule has 1 aromatic rings. The molecular weight excluding hydrogens is 264 g/mol. The molecule has 1 heterocycles. The molecule has 0 bridgehead atoms. The van der Waals surface area contributed by atoms with E-state index in [1.807, 2.05) is 39.1 Å². The number of carbonyl (C=O) groups excluding carboxylic acids is 1. The van der Waals surface area contributed by atoms with Gasteiger partial charge in [-0.1, -0.05) is 0 Å². The number of rotatable bonds is 4. The summed E-state index contributed by atoms with van der Waals surface area (Å²) in [6.07, 6.45) is 0. The van der Waals surface area contributed by atoms with Crippen LogP contribution in [-0.4, -0.2) is 34.1 Å². The van der Waals surface area contributed by atoms with E-state index in [-0.39, 0.29) is 12.6 Å². The van der Waals surface area contributed by atoms with Crippen LogP contribution in [-0.2, 0) is 11.3 Å². The third kappa shape index (κ3) is 4.55. The summed E-state index contributed by atoms with van der Waals surface area (Å²) in [5, 5.41) is 13.6. The molecule has 0 spiro atoms. The second kappa shape index (κ2) is 6.06. The Kier molecular flexibility index (Phi) is 4.94. The number of carboxylic acids is 1. The van der Waals surface area contributed by atoms with Gasteiger partial charge in [0, 0.05) is 10.4 Å². The highest BCUT2D eigenvalue weighted by molar-refractivity contribution is 7.10. The predicted octanol–water partition coefficient (Wildman–Crippen LogP) is 2.45. The number of urea groups is 1. The van der Waals surface area contributed by atoms with Crippen LogP contribution in [0, 0.1) is 6.92 Å². The first-order valence-corrected chi connectivity index (χ1v) is 6.90. The number of hydrogen-bond donors (Lipinski definition) is 2. The van der Waals surface area contributed by atoms with Gasteiger partial charge >= 0.3 is 12.0 Å². The maximum Gasteiger partial charge on any atom is 0.323 e. The minimum absolute atomic E-state index is 0.307. The molecule has 1 aromatic heterocycles. The molecule has 0 saturated carbocycles. The van der Waals surface area contributed by atoms with Gasteiger partial charge in [0.25, 0.3) is 0 Å². The number of nitrogens with one attached hydrogen (secondary N) is 1. The summed E-state index contributed by atoms with van der Waals surface area (Å²) in [6, 6.07) is 1.63. The lowest BCUT2D eigenvalue weighted by atomic mass is 10.1. The first kappa shape index (κ1) is 15.5. The van der Waals surface area contributed by atoms with Gasteiger partial charge in [-0.15, -0.1) is 11.3 Å². The SMILES string of the molecule is Cc1ccsc1CNC(=O)N(CC(=O)O)C(C)(C)C. The van der Waals surface area contributed by atoms with Gasteiger partial charge in [0.2, 0.25) is 0 Å². The van der Waals surface area contributed by atoms with Crippen LogP contribution in [0.3, 0.4) is 0 Å². The van der Waals surface area contributed by atoms with E-state index in [4.69, 9.17) is 5.11 Å². The summed E-state index contributed by atoms with van der Waals surface area (Å²) in [7, 11) is 0. The Bertz CT molecular complexity index is 463. The van der Waals surface area contributed by atoms with Crippen LogP contribution in [0.5, 0.6) is 0 Å². The quantitative estimate of drug-likeness (QED) is 0.892. The maximum atomic E-state index is 12.1. The number of carbonyl (C=O) groups is 2. The van der Waals surface area contributed by atoms with Crippen molar-refractivity contribution < 1.29 is 14.7 Å². The number of carboxylic acid groups (broad SMARTS) is 1. The van der Waals surface area contributed by atoms with Crippen LogP contribution in [0.15, 0.2) is 11.4 Å². The highest BCUT2D eigenvalue weighted by Gasteiger charge is 2.28. The van der Waals surface area contributed by atoms with Gasteiger partial charge in [-0.3, -0.25) is 4.79 Å². The van der Waals surface area contributed by atoms with Crippen molar-refractivity contribution in [3.05, 3.63) is 21.9 Å². The third-order valence-electron chi connectivity index (χ3n) is 2.72. The second-order valence-corrected chi connectivity index (χ2v) is 6.34. The smallest absolute Gasteiger partial charge is 0.323 e. The van der Waals surface area contributed by atoms with E-state index >= 15 is 0 Å². The second-order valence-electron chi connectivity index (χ2n) is 5.34. The molecule has 0 radical (unpaired) electrons. The molecule has 5 nitrogen and oxygen atoms in total. The van der Waals surface area contributed by atoms with Crippen LogP contribution < -0.4 is 5.32 Å². The Labute approximate surface area is 117 Å². The zero-order valence-electron chi connectivity index (χ0n) is 11.7. The van der Waals surface area contributed by atoms with Crippen molar-refractivity contribution in [1.29, 1.82) is 0 Å². The average molecular weight is 284 g/mol. The molecule has 1 rings (SSSR count). The Morgan fingerprint density at radius 1 is 1.42 bits per heavy atom. The fourth-order valence-electron chi connectivity index (χ4n) is 1.59. The topological polar surface area (TPSA) is 69.6 Å². The molecule has 0 unspecified atom stereocenters. The number of hydrogen-bond acceptors (Lipinski definition) is 3. The van der Waals surface area contributed by atoms with Crippen LogP contribution in [0.25, 0.3) is 0 Å². The van der Waals surface area contributed by atoms with Crippen LogP contribution in [0.4, 0.5) is 4.79 Å². The van der Waals surface area contributed by atoms with E-state index in [0.717, 1.165) is 10.4 Å². The molecule has 19 heavy (non-hydrogen) atoms. The van der Waals surface area contributed by atoms with Crippen molar-refractivity contribution in [3.63, 3.8) is 0 Å². The lowest BCUT2D eigenvalue weighted by Gasteiger charge is -2.34. The minimum Gasteiger partial charge on any atom is -0.480 e. The Morgan fingerprint density at radius 3 is 2.47 bits per heavy atom. The first-order chi connectivity index (χ1) is 8.71. The van der Waals surface area contributed by atoms with Gasteiger partial charge in [-0.05, 0) is 44.7 Å².